The van der Waals surface area contributed by atoms with Gasteiger partial charge in [-0.25, -0.2) is 9.13 Å². The van der Waals surface area contributed by atoms with Crippen LogP contribution >= 0.6 is 15.6 Å². The number of carbonyl (C=O) groups excluding carboxylic acids is 4. The first kappa shape index (κ1) is 93.5. The van der Waals surface area contributed by atoms with E-state index >= 15 is 0 Å². The van der Waals surface area contributed by atoms with Crippen LogP contribution in [-0.4, -0.2) is 96.7 Å². The molecule has 0 fully saturated rings. The molecule has 0 amide bonds. The van der Waals surface area contributed by atoms with Crippen LogP contribution in [0, 0.1) is 5.92 Å². The highest BCUT2D eigenvalue weighted by molar-refractivity contribution is 7.47. The molecule has 0 saturated heterocycles. The quantitative estimate of drug-likeness (QED) is 0.0169. The SMILES string of the molecule is CCCCCC/C=C\C=C/CCCCCCCC(=O)OC[C@H](COP(=O)(O)OC[C@@H](O)COP(=O)(O)OC[C@@H](COC(=O)CCCCCCCCC(C)C)OC(=O)CCCCCCCCCCCCCCC)OC(=O)CCCCCCCCCCCCCCCCCCCCC. The molecule has 0 aromatic heterocycles. The van der Waals surface area contributed by atoms with Crippen molar-refractivity contribution in [2.24, 2.45) is 5.92 Å². The number of phosphoric ester groups is 2. The molecule has 0 radical (unpaired) electrons. The third-order valence-corrected chi connectivity index (χ3v) is 19.3. The van der Waals surface area contributed by atoms with Gasteiger partial charge in [-0.2, -0.15) is 0 Å². The summed E-state index contributed by atoms with van der Waals surface area (Å²) < 4.78 is 68.5. The highest BCUT2D eigenvalue weighted by Crippen LogP contribution is 2.45. The van der Waals surface area contributed by atoms with Crippen LogP contribution in [0.5, 0.6) is 0 Å². The highest BCUT2D eigenvalue weighted by Gasteiger charge is 2.30. The molecule has 0 aliphatic carbocycles. The highest BCUT2D eigenvalue weighted by atomic mass is 31.2. The first-order valence-corrected chi connectivity index (χ1v) is 42.4. The third-order valence-electron chi connectivity index (χ3n) is 17.4. The van der Waals surface area contributed by atoms with Crippen molar-refractivity contribution in [3.63, 3.8) is 0 Å². The molecule has 0 rings (SSSR count). The van der Waals surface area contributed by atoms with E-state index in [9.17, 15) is 43.2 Å². The molecule has 5 atom stereocenters. The number of rotatable bonds is 75. The fourth-order valence-corrected chi connectivity index (χ4v) is 12.9. The van der Waals surface area contributed by atoms with Crippen molar-refractivity contribution in [3.8, 4) is 0 Å². The van der Waals surface area contributed by atoms with Gasteiger partial charge in [-0.05, 0) is 57.3 Å². The number of unbranched alkanes of at least 4 members (excludes halogenated alkanes) is 44. The molecule has 0 bridgehead atoms. The number of carbonyl (C=O) groups is 4. The van der Waals surface area contributed by atoms with Gasteiger partial charge in [0.1, 0.15) is 19.3 Å². The molecule has 2 unspecified atom stereocenters. The summed E-state index contributed by atoms with van der Waals surface area (Å²) in [5.74, 6) is -1.47. The summed E-state index contributed by atoms with van der Waals surface area (Å²) in [6.07, 6.45) is 62.0. The van der Waals surface area contributed by atoms with Gasteiger partial charge in [-0.1, -0.05) is 329 Å². The summed E-state index contributed by atoms with van der Waals surface area (Å²) in [5, 5.41) is 10.6. The minimum Gasteiger partial charge on any atom is -0.462 e. The van der Waals surface area contributed by atoms with E-state index in [0.717, 1.165) is 116 Å². The fourth-order valence-electron chi connectivity index (χ4n) is 11.3. The molecule has 0 aliphatic rings. The Hall–Kier alpha value is -2.46. The van der Waals surface area contributed by atoms with Crippen molar-refractivity contribution in [2.75, 3.05) is 39.6 Å². The maximum Gasteiger partial charge on any atom is 0.472 e. The summed E-state index contributed by atoms with van der Waals surface area (Å²) in [7, 11) is -9.92. The van der Waals surface area contributed by atoms with Crippen molar-refractivity contribution in [1.82, 2.24) is 0 Å². The lowest BCUT2D eigenvalue weighted by molar-refractivity contribution is -0.161. The van der Waals surface area contributed by atoms with Crippen LogP contribution in [0.25, 0.3) is 0 Å². The van der Waals surface area contributed by atoms with Crippen LogP contribution in [0.4, 0.5) is 0 Å². The Morgan fingerprint density at radius 2 is 0.562 bits per heavy atom. The number of allylic oxidation sites excluding steroid dienone is 4. The Kier molecular flexibility index (Phi) is 67.8. The Morgan fingerprint density at radius 3 is 0.854 bits per heavy atom. The van der Waals surface area contributed by atoms with Gasteiger partial charge in [0.25, 0.3) is 0 Å². The van der Waals surface area contributed by atoms with Gasteiger partial charge in [0.2, 0.25) is 0 Å². The number of hydrogen-bond acceptors (Lipinski definition) is 15. The van der Waals surface area contributed by atoms with E-state index in [1.54, 1.807) is 0 Å². The van der Waals surface area contributed by atoms with Gasteiger partial charge < -0.3 is 33.8 Å². The minimum absolute atomic E-state index is 0.102. The van der Waals surface area contributed by atoms with E-state index in [2.05, 4.69) is 58.9 Å². The lowest BCUT2D eigenvalue weighted by atomic mass is 10.0. The van der Waals surface area contributed by atoms with Gasteiger partial charge in [0.05, 0.1) is 26.4 Å². The van der Waals surface area contributed by atoms with Crippen molar-refractivity contribution < 1.29 is 80.2 Å². The number of phosphoric acid groups is 2. The van der Waals surface area contributed by atoms with Gasteiger partial charge in [0, 0.05) is 25.7 Å². The molecule has 0 aromatic carbocycles. The van der Waals surface area contributed by atoms with Crippen molar-refractivity contribution >= 4 is 39.5 Å². The zero-order valence-electron chi connectivity index (χ0n) is 62.0. The third kappa shape index (κ3) is 70.0. The second-order valence-electron chi connectivity index (χ2n) is 27.5. The second kappa shape index (κ2) is 69.6. The zero-order chi connectivity index (χ0) is 70.5. The average molecular weight is 1410 g/mol. The number of esters is 4. The molecule has 0 saturated carbocycles. The Labute approximate surface area is 586 Å². The van der Waals surface area contributed by atoms with Crippen LogP contribution in [0.2, 0.25) is 0 Å². The molecule has 19 heteroatoms. The van der Waals surface area contributed by atoms with Crippen LogP contribution in [0.3, 0.4) is 0 Å². The first-order chi connectivity index (χ1) is 46.5. The van der Waals surface area contributed by atoms with E-state index in [1.807, 2.05) is 0 Å². The first-order valence-electron chi connectivity index (χ1n) is 39.5. The van der Waals surface area contributed by atoms with E-state index in [4.69, 9.17) is 37.0 Å². The molecule has 0 heterocycles. The van der Waals surface area contributed by atoms with Gasteiger partial charge >= 0.3 is 39.5 Å². The molecular weight excluding hydrogens is 1260 g/mol. The number of hydrogen-bond donors (Lipinski definition) is 3. The van der Waals surface area contributed by atoms with Gasteiger partial charge in [-0.3, -0.25) is 37.3 Å². The molecule has 0 aromatic rings. The maximum atomic E-state index is 13.1. The number of aliphatic hydroxyl groups is 1. The van der Waals surface area contributed by atoms with Gasteiger partial charge in [-0.15, -0.1) is 0 Å². The normalized spacial score (nSPS) is 14.1. The Bertz CT molecular complexity index is 1930. The van der Waals surface area contributed by atoms with E-state index in [1.165, 1.54) is 180 Å². The van der Waals surface area contributed by atoms with Crippen molar-refractivity contribution in [3.05, 3.63) is 24.3 Å². The summed E-state index contributed by atoms with van der Waals surface area (Å²) >= 11 is 0. The smallest absolute Gasteiger partial charge is 0.462 e. The zero-order valence-corrected chi connectivity index (χ0v) is 63.8. The minimum atomic E-state index is -4.96. The van der Waals surface area contributed by atoms with Crippen LogP contribution < -0.4 is 0 Å². The van der Waals surface area contributed by atoms with E-state index in [-0.39, 0.29) is 25.7 Å². The van der Waals surface area contributed by atoms with Crippen LogP contribution in [0.1, 0.15) is 381 Å². The summed E-state index contributed by atoms with van der Waals surface area (Å²) in [4.78, 5) is 72.8. The second-order valence-corrected chi connectivity index (χ2v) is 30.4. The lowest BCUT2D eigenvalue weighted by Gasteiger charge is -2.21. The van der Waals surface area contributed by atoms with Crippen LogP contribution in [-0.2, 0) is 65.4 Å². The Balaban J connectivity index is 5.25. The molecule has 17 nitrogen and oxygen atoms in total. The number of ether oxygens (including phenoxy) is 4. The van der Waals surface area contributed by atoms with E-state index < -0.39 is 97.5 Å². The predicted molar refractivity (Wildman–Crippen MR) is 391 cm³/mol. The molecule has 3 N–H and O–H groups in total. The van der Waals surface area contributed by atoms with Crippen molar-refractivity contribution in [2.45, 2.75) is 400 Å². The topological polar surface area (TPSA) is 237 Å². The molecule has 0 spiro atoms. The molecule has 96 heavy (non-hydrogen) atoms. The lowest BCUT2D eigenvalue weighted by Crippen LogP contribution is -2.30. The fraction of sp³-hybridized carbons (Fsp3) is 0.896. The van der Waals surface area contributed by atoms with Crippen molar-refractivity contribution in [1.29, 1.82) is 0 Å². The Morgan fingerprint density at radius 1 is 0.323 bits per heavy atom. The largest absolute Gasteiger partial charge is 0.472 e. The summed E-state index contributed by atoms with van der Waals surface area (Å²) in [6, 6.07) is 0. The van der Waals surface area contributed by atoms with Gasteiger partial charge in [0.15, 0.2) is 12.2 Å². The standard InChI is InChI=1S/C77H146O17P2/c1-6-9-12-15-18-21-24-27-29-30-31-32-34-37-40-43-46-53-58-63-76(81)93-72(66-87-74(79)60-55-50-44-41-38-36-33-28-25-22-19-16-13-10-7-2)68-91-95(83,84)89-64-71(78)65-90-96(85,86)92-69-73(67-88-75(80)61-56-51-48-47-49-54-59-70(4)5)94-77(82)62-57-52-45-42-39-35-26-23-20-17-14-11-8-3/h22,25,28,33,70-73,78H,6-21,23-24,26-27,29-32,34-69H2,1-5H3,(H,83,84)(H,85,86)/b25-22-,33-28-/t71-,72-,73-/m1/s1. The molecule has 0 aliphatic heterocycles. The predicted octanol–water partition coefficient (Wildman–Crippen LogP) is 22.4. The summed E-state index contributed by atoms with van der Waals surface area (Å²) in [6.45, 7) is 7.15. The molecular formula is C77H146O17P2. The molecule has 566 valence electrons. The van der Waals surface area contributed by atoms with E-state index in [0.29, 0.717) is 31.6 Å². The summed E-state index contributed by atoms with van der Waals surface area (Å²) in [5.41, 5.74) is 0. The average Bonchev–Trinajstić information content (AvgIpc) is 1.11. The monoisotopic (exact) mass is 1410 g/mol. The maximum absolute atomic E-state index is 13.1. The number of aliphatic hydroxyl groups excluding tert-OH is 1. The van der Waals surface area contributed by atoms with Crippen LogP contribution in [0.15, 0.2) is 24.3 Å².